The molecule has 2 amide bonds. The fourth-order valence-electron chi connectivity index (χ4n) is 4.05. The van der Waals surface area contributed by atoms with Crippen LogP contribution in [-0.2, 0) is 14.3 Å². The van der Waals surface area contributed by atoms with E-state index in [2.05, 4.69) is 11.9 Å². The van der Waals surface area contributed by atoms with Gasteiger partial charge in [-0.3, -0.25) is 0 Å². The molecule has 1 aliphatic carbocycles. The molecule has 0 unspecified atom stereocenters. The SMILES string of the molecule is C=CCOC(=O)N1CC(NC(=O)OCC2c3ccccc3-c3ccccc32)(C(=O)O)C1. The molecule has 160 valence electrons. The topological polar surface area (TPSA) is 105 Å². The van der Waals surface area contributed by atoms with E-state index in [1.165, 1.54) is 11.0 Å². The predicted octanol–water partition coefficient (Wildman–Crippen LogP) is 2.99. The van der Waals surface area contributed by atoms with E-state index in [0.717, 1.165) is 22.3 Å². The lowest BCUT2D eigenvalue weighted by atomic mass is 9.90. The molecule has 1 heterocycles. The minimum atomic E-state index is -1.60. The zero-order chi connectivity index (χ0) is 22.0. The van der Waals surface area contributed by atoms with Crippen molar-refractivity contribution in [3.05, 3.63) is 72.3 Å². The van der Waals surface area contributed by atoms with Crippen molar-refractivity contribution in [2.45, 2.75) is 11.5 Å². The fraction of sp³-hybridized carbons (Fsp3) is 0.261. The molecule has 2 aromatic rings. The molecule has 0 bridgehead atoms. The number of nitrogens with one attached hydrogen (secondary N) is 1. The van der Waals surface area contributed by atoms with Gasteiger partial charge >= 0.3 is 18.2 Å². The molecule has 2 N–H and O–H groups in total. The lowest BCUT2D eigenvalue weighted by molar-refractivity contribution is -0.151. The smallest absolute Gasteiger partial charge is 0.410 e. The molecule has 0 saturated carbocycles. The average Bonchev–Trinajstić information content (AvgIpc) is 3.06. The number of hydrogen-bond donors (Lipinski definition) is 2. The number of fused-ring (bicyclic) bond motifs is 3. The van der Waals surface area contributed by atoms with Crippen LogP contribution in [0.15, 0.2) is 61.2 Å². The van der Waals surface area contributed by atoms with E-state index >= 15 is 0 Å². The summed E-state index contributed by atoms with van der Waals surface area (Å²) in [5, 5.41) is 12.0. The highest BCUT2D eigenvalue weighted by Gasteiger charge is 2.53. The molecule has 4 rings (SSSR count). The molecule has 8 heteroatoms. The number of ether oxygens (including phenoxy) is 2. The van der Waals surface area contributed by atoms with Crippen LogP contribution in [0.5, 0.6) is 0 Å². The van der Waals surface area contributed by atoms with Crippen molar-refractivity contribution in [3.63, 3.8) is 0 Å². The van der Waals surface area contributed by atoms with Crippen LogP contribution in [0.4, 0.5) is 9.59 Å². The molecule has 1 fully saturated rings. The van der Waals surface area contributed by atoms with Gasteiger partial charge in [0.05, 0.1) is 13.1 Å². The number of nitrogens with zero attached hydrogens (tertiary/aromatic N) is 1. The molecule has 8 nitrogen and oxygen atoms in total. The number of benzene rings is 2. The van der Waals surface area contributed by atoms with Gasteiger partial charge in [-0.15, -0.1) is 0 Å². The van der Waals surface area contributed by atoms with Crippen LogP contribution in [0.2, 0.25) is 0 Å². The maximum Gasteiger partial charge on any atom is 0.410 e. The number of aliphatic carboxylic acids is 1. The van der Waals surface area contributed by atoms with E-state index in [4.69, 9.17) is 9.47 Å². The highest BCUT2D eigenvalue weighted by Crippen LogP contribution is 2.44. The fourth-order valence-corrected chi connectivity index (χ4v) is 4.05. The van der Waals surface area contributed by atoms with Gasteiger partial charge < -0.3 is 24.8 Å². The second-order valence-corrected chi connectivity index (χ2v) is 7.56. The Morgan fingerprint density at radius 3 is 2.19 bits per heavy atom. The molecule has 0 radical (unpaired) electrons. The van der Waals surface area contributed by atoms with Crippen LogP contribution in [0.3, 0.4) is 0 Å². The minimum Gasteiger partial charge on any atom is -0.479 e. The summed E-state index contributed by atoms with van der Waals surface area (Å²) in [6.07, 6.45) is -0.0913. The van der Waals surface area contributed by atoms with E-state index in [-0.39, 0.29) is 32.2 Å². The molecule has 0 atom stereocenters. The molecule has 0 aromatic heterocycles. The zero-order valence-corrected chi connectivity index (χ0v) is 16.7. The van der Waals surface area contributed by atoms with Gasteiger partial charge in [0.25, 0.3) is 0 Å². The first kappa shape index (κ1) is 20.5. The monoisotopic (exact) mass is 422 g/mol. The van der Waals surface area contributed by atoms with Crippen molar-refractivity contribution in [1.29, 1.82) is 0 Å². The van der Waals surface area contributed by atoms with Crippen molar-refractivity contribution < 1.29 is 29.0 Å². The van der Waals surface area contributed by atoms with E-state index in [1.807, 2.05) is 48.5 Å². The number of rotatable bonds is 6. The Labute approximate surface area is 179 Å². The first-order valence-electron chi connectivity index (χ1n) is 9.84. The summed E-state index contributed by atoms with van der Waals surface area (Å²) in [5.41, 5.74) is 2.72. The van der Waals surface area contributed by atoms with Gasteiger partial charge in [-0.2, -0.15) is 0 Å². The lowest BCUT2D eigenvalue weighted by Gasteiger charge is -2.45. The molecular weight excluding hydrogens is 400 g/mol. The van der Waals surface area contributed by atoms with Gasteiger partial charge in [0.1, 0.15) is 13.2 Å². The minimum absolute atomic E-state index is 0.0230. The average molecular weight is 422 g/mol. The molecular formula is C23H22N2O6. The first-order chi connectivity index (χ1) is 14.9. The Bertz CT molecular complexity index is 998. The van der Waals surface area contributed by atoms with E-state index in [1.54, 1.807) is 0 Å². The largest absolute Gasteiger partial charge is 0.479 e. The maximum absolute atomic E-state index is 12.4. The number of amides is 2. The number of carbonyl (C=O) groups is 3. The lowest BCUT2D eigenvalue weighted by Crippen LogP contribution is -2.75. The number of carbonyl (C=O) groups excluding carboxylic acids is 2. The highest BCUT2D eigenvalue weighted by molar-refractivity contribution is 5.88. The van der Waals surface area contributed by atoms with Crippen LogP contribution in [-0.4, -0.2) is 60.0 Å². The predicted molar refractivity (Wildman–Crippen MR) is 112 cm³/mol. The summed E-state index contributed by atoms with van der Waals surface area (Å²) in [6.45, 7) is 3.13. The number of likely N-dealkylation sites (tertiary alicyclic amines) is 1. The van der Waals surface area contributed by atoms with Crippen molar-refractivity contribution in [1.82, 2.24) is 10.2 Å². The van der Waals surface area contributed by atoms with Crippen LogP contribution < -0.4 is 5.32 Å². The Hall–Kier alpha value is -3.81. The molecule has 1 saturated heterocycles. The van der Waals surface area contributed by atoms with Crippen LogP contribution in [0.25, 0.3) is 11.1 Å². The second kappa shape index (κ2) is 8.14. The quantitative estimate of drug-likeness (QED) is 0.694. The molecule has 0 spiro atoms. The highest BCUT2D eigenvalue weighted by atomic mass is 16.6. The summed E-state index contributed by atoms with van der Waals surface area (Å²) in [4.78, 5) is 37.2. The number of carboxylic acids is 1. The Morgan fingerprint density at radius 1 is 1.06 bits per heavy atom. The molecule has 31 heavy (non-hydrogen) atoms. The van der Waals surface area contributed by atoms with Gasteiger partial charge in [-0.1, -0.05) is 61.2 Å². The van der Waals surface area contributed by atoms with Gasteiger partial charge in [0, 0.05) is 5.92 Å². The van der Waals surface area contributed by atoms with Crippen molar-refractivity contribution in [2.75, 3.05) is 26.3 Å². The normalized spacial score (nSPS) is 15.8. The number of carboxylic acid groups (broad SMARTS) is 1. The van der Waals surface area contributed by atoms with Crippen molar-refractivity contribution >= 4 is 18.2 Å². The van der Waals surface area contributed by atoms with Crippen LogP contribution >= 0.6 is 0 Å². The standard InChI is InChI=1S/C23H22N2O6/c1-2-11-30-22(29)25-13-23(14-25,20(26)27)24-21(28)31-12-19-17-9-5-3-7-15(17)16-8-4-6-10-18(16)19/h2-10,19H,1,11-14H2,(H,24,28)(H,26,27). The summed E-state index contributed by atoms with van der Waals surface area (Å²) >= 11 is 0. The summed E-state index contributed by atoms with van der Waals surface area (Å²) in [5.74, 6) is -1.38. The third-order valence-corrected chi connectivity index (χ3v) is 5.60. The van der Waals surface area contributed by atoms with Gasteiger partial charge in [0.15, 0.2) is 5.54 Å². The molecule has 1 aliphatic heterocycles. The first-order valence-corrected chi connectivity index (χ1v) is 9.84. The van der Waals surface area contributed by atoms with Crippen molar-refractivity contribution in [3.8, 4) is 11.1 Å². The molecule has 2 aromatic carbocycles. The summed E-state index contributed by atoms with van der Waals surface area (Å²) in [6, 6.07) is 15.9. The zero-order valence-electron chi connectivity index (χ0n) is 16.7. The maximum atomic E-state index is 12.4. The third-order valence-electron chi connectivity index (χ3n) is 5.60. The van der Waals surface area contributed by atoms with Crippen LogP contribution in [0.1, 0.15) is 17.0 Å². The molecule has 2 aliphatic rings. The Kier molecular flexibility index (Phi) is 5.37. The van der Waals surface area contributed by atoms with E-state index in [0.29, 0.717) is 0 Å². The number of hydrogen-bond acceptors (Lipinski definition) is 5. The Morgan fingerprint density at radius 2 is 1.65 bits per heavy atom. The third kappa shape index (κ3) is 3.72. The second-order valence-electron chi connectivity index (χ2n) is 7.56. The van der Waals surface area contributed by atoms with Crippen molar-refractivity contribution in [2.24, 2.45) is 0 Å². The van der Waals surface area contributed by atoms with Gasteiger partial charge in [-0.25, -0.2) is 14.4 Å². The summed E-state index contributed by atoms with van der Waals surface area (Å²) < 4.78 is 10.3. The Balaban J connectivity index is 1.40. The van der Waals surface area contributed by atoms with Gasteiger partial charge in [-0.05, 0) is 22.3 Å². The van der Waals surface area contributed by atoms with E-state index < -0.39 is 23.7 Å². The van der Waals surface area contributed by atoms with Crippen LogP contribution in [0, 0.1) is 0 Å². The van der Waals surface area contributed by atoms with Gasteiger partial charge in [0.2, 0.25) is 0 Å². The summed E-state index contributed by atoms with van der Waals surface area (Å²) in [7, 11) is 0. The van der Waals surface area contributed by atoms with E-state index in [9.17, 15) is 19.5 Å². The number of alkyl carbamates (subject to hydrolysis) is 1.